The molecular weight excluding hydrogens is 483 g/mol. The van der Waals surface area contributed by atoms with Crippen LogP contribution in [0.15, 0.2) is 71.9 Å². The lowest BCUT2D eigenvalue weighted by atomic mass is 9.78. The van der Waals surface area contributed by atoms with Crippen LogP contribution in [0.3, 0.4) is 0 Å². The Balaban J connectivity index is 1.57. The van der Waals surface area contributed by atoms with Gasteiger partial charge in [-0.15, -0.1) is 0 Å². The Bertz CT molecular complexity index is 1320. The lowest BCUT2D eigenvalue weighted by molar-refractivity contribution is -0.116. The fourth-order valence-corrected chi connectivity index (χ4v) is 5.19. The molecule has 7 heteroatoms. The van der Waals surface area contributed by atoms with Gasteiger partial charge >= 0.3 is 0 Å². The minimum Gasteiger partial charge on any atom is -0.493 e. The van der Waals surface area contributed by atoms with E-state index in [-0.39, 0.29) is 17.7 Å². The molecule has 3 aromatic rings. The largest absolute Gasteiger partial charge is 0.493 e. The van der Waals surface area contributed by atoms with Gasteiger partial charge in [0.2, 0.25) is 0 Å². The van der Waals surface area contributed by atoms with Crippen LogP contribution in [0.2, 0.25) is 10.0 Å². The first-order chi connectivity index (χ1) is 17.0. The summed E-state index contributed by atoms with van der Waals surface area (Å²) < 4.78 is 11.2. The van der Waals surface area contributed by atoms with Crippen LogP contribution in [-0.2, 0) is 4.79 Å². The van der Waals surface area contributed by atoms with E-state index in [9.17, 15) is 4.79 Å². The maximum absolute atomic E-state index is 13.7. The number of anilines is 2. The molecule has 2 atom stereocenters. The van der Waals surface area contributed by atoms with Gasteiger partial charge in [-0.2, -0.15) is 0 Å². The number of ether oxygens (including phenoxy) is 2. The zero-order valence-corrected chi connectivity index (χ0v) is 21.0. The van der Waals surface area contributed by atoms with Crippen LogP contribution in [0.5, 0.6) is 11.5 Å². The van der Waals surface area contributed by atoms with Crippen LogP contribution in [0.1, 0.15) is 42.9 Å². The van der Waals surface area contributed by atoms with Crippen molar-refractivity contribution >= 4 is 40.4 Å². The topological polar surface area (TPSA) is 59.6 Å². The second kappa shape index (κ2) is 9.84. The predicted octanol–water partition coefficient (Wildman–Crippen LogP) is 7.38. The number of nitrogens with one attached hydrogen (secondary N) is 2. The number of halogens is 2. The van der Waals surface area contributed by atoms with E-state index in [4.69, 9.17) is 32.7 Å². The number of para-hydroxylation sites is 2. The van der Waals surface area contributed by atoms with Gasteiger partial charge < -0.3 is 20.1 Å². The highest BCUT2D eigenvalue weighted by Gasteiger charge is 2.36. The molecule has 0 amide bonds. The zero-order chi connectivity index (χ0) is 24.5. The van der Waals surface area contributed by atoms with Gasteiger partial charge in [0.15, 0.2) is 17.3 Å². The van der Waals surface area contributed by atoms with Crippen LogP contribution in [-0.4, -0.2) is 19.5 Å². The molecule has 5 rings (SSSR count). The van der Waals surface area contributed by atoms with E-state index in [1.165, 1.54) is 0 Å². The van der Waals surface area contributed by atoms with Crippen molar-refractivity contribution in [1.82, 2.24) is 0 Å². The summed E-state index contributed by atoms with van der Waals surface area (Å²) in [6, 6.07) is 19.1. The van der Waals surface area contributed by atoms with E-state index < -0.39 is 0 Å². The van der Waals surface area contributed by atoms with Gasteiger partial charge in [-0.05, 0) is 66.8 Å². The van der Waals surface area contributed by atoms with Crippen LogP contribution >= 0.6 is 23.2 Å². The minimum atomic E-state index is -0.348. The van der Waals surface area contributed by atoms with Gasteiger partial charge in [0, 0.05) is 17.7 Å². The molecular formula is C28H26Cl2N2O3. The van der Waals surface area contributed by atoms with E-state index in [0.29, 0.717) is 41.0 Å². The Morgan fingerprint density at radius 1 is 0.914 bits per heavy atom. The van der Waals surface area contributed by atoms with Crippen LogP contribution < -0.4 is 20.1 Å². The second-order valence-corrected chi connectivity index (χ2v) is 9.50. The van der Waals surface area contributed by atoms with Gasteiger partial charge in [0.1, 0.15) is 0 Å². The third-order valence-electron chi connectivity index (χ3n) is 6.54. The first-order valence-electron chi connectivity index (χ1n) is 11.6. The Morgan fingerprint density at radius 3 is 2.43 bits per heavy atom. The molecule has 1 heterocycles. The lowest BCUT2D eigenvalue weighted by Gasteiger charge is -2.30. The molecule has 3 aromatic carbocycles. The minimum absolute atomic E-state index is 0.0121. The quantitative estimate of drug-likeness (QED) is 0.376. The summed E-state index contributed by atoms with van der Waals surface area (Å²) in [6.45, 7) is 2.50. The summed E-state index contributed by atoms with van der Waals surface area (Å²) in [6.07, 6.45) is 1.08. The molecule has 35 heavy (non-hydrogen) atoms. The monoisotopic (exact) mass is 508 g/mol. The van der Waals surface area contributed by atoms with E-state index in [0.717, 1.165) is 33.8 Å². The number of rotatable bonds is 5. The summed E-state index contributed by atoms with van der Waals surface area (Å²) in [7, 11) is 1.63. The highest BCUT2D eigenvalue weighted by molar-refractivity contribution is 6.42. The van der Waals surface area contributed by atoms with Gasteiger partial charge in [0.25, 0.3) is 0 Å². The van der Waals surface area contributed by atoms with Crippen LogP contribution in [0, 0.1) is 0 Å². The number of hydrogen-bond donors (Lipinski definition) is 2. The number of allylic oxidation sites excluding steroid dienone is 1. The van der Waals surface area contributed by atoms with E-state index >= 15 is 0 Å². The molecule has 5 nitrogen and oxygen atoms in total. The standard InChI is InChI=1S/C28H26Cl2N2O3/c1-3-35-25-11-9-16(15-26(25)34-2)18-13-23-27(24(33)14-18)28(17-8-10-19(29)20(30)12-17)32-22-7-5-4-6-21(22)31-23/h4-12,15,18,28,31-32H,3,13-14H2,1-2H3/t18-,28+/m1/s1. The SMILES string of the molecule is CCOc1ccc([C@H]2CC(=O)C3=C(C2)Nc2ccccc2N[C@H]3c2ccc(Cl)c(Cl)c2)cc1OC. The molecule has 0 unspecified atom stereocenters. The maximum Gasteiger partial charge on any atom is 0.163 e. The van der Waals surface area contributed by atoms with Crippen molar-refractivity contribution in [3.05, 3.63) is 93.1 Å². The van der Waals surface area contributed by atoms with Crippen molar-refractivity contribution < 1.29 is 14.3 Å². The first-order valence-corrected chi connectivity index (χ1v) is 12.4. The Hall–Kier alpha value is -3.15. The van der Waals surface area contributed by atoms with Gasteiger partial charge in [-0.25, -0.2) is 0 Å². The molecule has 2 N–H and O–H groups in total. The summed E-state index contributed by atoms with van der Waals surface area (Å²) in [5.41, 5.74) is 5.43. The summed E-state index contributed by atoms with van der Waals surface area (Å²) in [5.74, 6) is 1.48. The number of fused-ring (bicyclic) bond motifs is 1. The number of methoxy groups -OCH3 is 1. The molecule has 0 saturated carbocycles. The molecule has 0 aromatic heterocycles. The number of carbonyl (C=O) groups is 1. The number of Topliss-reactive ketones (excluding diaryl/α,β-unsaturated/α-hetero) is 1. The predicted molar refractivity (Wildman–Crippen MR) is 141 cm³/mol. The number of benzene rings is 3. The van der Waals surface area contributed by atoms with Gasteiger partial charge in [-0.1, -0.05) is 47.5 Å². The molecule has 180 valence electrons. The third kappa shape index (κ3) is 4.58. The molecule has 1 aliphatic carbocycles. The van der Waals surface area contributed by atoms with Crippen molar-refractivity contribution in [3.63, 3.8) is 0 Å². The third-order valence-corrected chi connectivity index (χ3v) is 7.28. The Kier molecular flexibility index (Phi) is 6.63. The normalized spacial score (nSPS) is 19.1. The number of ketones is 1. The average Bonchev–Trinajstić information content (AvgIpc) is 3.03. The Morgan fingerprint density at radius 2 is 1.69 bits per heavy atom. The molecule has 2 aliphatic rings. The second-order valence-electron chi connectivity index (χ2n) is 8.69. The maximum atomic E-state index is 13.7. The first kappa shape index (κ1) is 23.6. The zero-order valence-electron chi connectivity index (χ0n) is 19.5. The van der Waals surface area contributed by atoms with Crippen molar-refractivity contribution in [1.29, 1.82) is 0 Å². The number of carbonyl (C=O) groups excluding carboxylic acids is 1. The van der Waals surface area contributed by atoms with Crippen molar-refractivity contribution in [2.24, 2.45) is 0 Å². The van der Waals surface area contributed by atoms with Crippen molar-refractivity contribution in [2.45, 2.75) is 31.7 Å². The molecule has 0 bridgehead atoms. The van der Waals surface area contributed by atoms with Gasteiger partial charge in [-0.3, -0.25) is 4.79 Å². The smallest absolute Gasteiger partial charge is 0.163 e. The average molecular weight is 509 g/mol. The Labute approximate surface area is 215 Å². The van der Waals surface area contributed by atoms with Crippen LogP contribution in [0.25, 0.3) is 0 Å². The summed E-state index contributed by atoms with van der Waals surface area (Å²) >= 11 is 12.5. The van der Waals surface area contributed by atoms with E-state index in [1.54, 1.807) is 13.2 Å². The summed E-state index contributed by atoms with van der Waals surface area (Å²) in [4.78, 5) is 13.7. The highest BCUT2D eigenvalue weighted by Crippen LogP contribution is 2.45. The van der Waals surface area contributed by atoms with Gasteiger partial charge in [0.05, 0.1) is 41.2 Å². The fraction of sp³-hybridized carbons (Fsp3) is 0.250. The molecule has 0 spiro atoms. The van der Waals surface area contributed by atoms with E-state index in [2.05, 4.69) is 10.6 Å². The molecule has 1 aliphatic heterocycles. The van der Waals surface area contributed by atoms with E-state index in [1.807, 2.05) is 61.5 Å². The van der Waals surface area contributed by atoms with Crippen LogP contribution in [0.4, 0.5) is 11.4 Å². The fourth-order valence-electron chi connectivity index (χ4n) is 4.88. The summed E-state index contributed by atoms with van der Waals surface area (Å²) in [5, 5.41) is 8.07. The van der Waals surface area contributed by atoms with Crippen molar-refractivity contribution in [3.8, 4) is 11.5 Å². The lowest BCUT2D eigenvalue weighted by Crippen LogP contribution is -2.26. The molecule has 0 fully saturated rings. The van der Waals surface area contributed by atoms with Crippen molar-refractivity contribution in [2.75, 3.05) is 24.4 Å². The molecule has 0 radical (unpaired) electrons. The molecule has 0 saturated heterocycles. The highest BCUT2D eigenvalue weighted by atomic mass is 35.5. The number of hydrogen-bond acceptors (Lipinski definition) is 5.